The summed E-state index contributed by atoms with van der Waals surface area (Å²) in [6, 6.07) is 18.0. The lowest BCUT2D eigenvalue weighted by molar-refractivity contribution is -0.149. The maximum Gasteiger partial charge on any atom is 0.329 e. The number of hydrogen-bond donors (Lipinski definition) is 4. The van der Waals surface area contributed by atoms with Crippen molar-refractivity contribution in [1.29, 1.82) is 0 Å². The Labute approximate surface area is 385 Å². The molecular weight excluding hydrogens is 839 g/mol. The van der Waals surface area contributed by atoms with Gasteiger partial charge in [0.25, 0.3) is 0 Å². The highest BCUT2D eigenvalue weighted by molar-refractivity contribution is 5.85. The van der Waals surface area contributed by atoms with E-state index in [1.165, 1.54) is 44.9 Å². The van der Waals surface area contributed by atoms with Crippen molar-refractivity contribution in [3.8, 4) is 0 Å². The van der Waals surface area contributed by atoms with Gasteiger partial charge in [-0.3, -0.25) is 19.2 Å². The summed E-state index contributed by atoms with van der Waals surface area (Å²) >= 11 is 0. The normalized spacial score (nSPS) is 11.4. The lowest BCUT2D eigenvalue weighted by Crippen LogP contribution is -2.42. The van der Waals surface area contributed by atoms with E-state index in [1.54, 1.807) is 0 Å². The first-order valence-corrected chi connectivity index (χ1v) is 23.5. The standard InChI is InChI=1S/C49H75N3O13/c53-44(50-29-31-60-33-35-62-39-46(55)51-30-32-61-34-36-63-40-47(56)57)28-27-43(49(59)65-38-42-23-17-14-18-24-42)52-45(54)25-19-11-9-7-5-3-1-2-4-6-8-10-12-20-26-48(58)64-37-41-21-15-13-16-22-41/h13-18,21-24,43H,1-12,19-20,25-40H2,(H,50,53)(H,51,55)(H,52,54)(H,56,57)/t43-/m0/s1. The van der Waals surface area contributed by atoms with E-state index in [0.717, 1.165) is 56.1 Å². The van der Waals surface area contributed by atoms with Gasteiger partial charge in [0, 0.05) is 32.4 Å². The van der Waals surface area contributed by atoms with E-state index in [-0.39, 0.29) is 109 Å². The fourth-order valence-electron chi connectivity index (χ4n) is 6.54. The van der Waals surface area contributed by atoms with Gasteiger partial charge < -0.3 is 49.5 Å². The Balaban J connectivity index is 1.48. The first-order valence-electron chi connectivity index (χ1n) is 23.5. The smallest absolute Gasteiger partial charge is 0.329 e. The van der Waals surface area contributed by atoms with Crippen molar-refractivity contribution in [2.24, 2.45) is 0 Å². The zero-order chi connectivity index (χ0) is 46.8. The van der Waals surface area contributed by atoms with Crippen LogP contribution in [-0.4, -0.2) is 113 Å². The van der Waals surface area contributed by atoms with Crippen LogP contribution in [0.1, 0.15) is 127 Å². The second-order valence-corrected chi connectivity index (χ2v) is 15.8. The highest BCUT2D eigenvalue weighted by atomic mass is 16.5. The minimum absolute atomic E-state index is 0.00270. The largest absolute Gasteiger partial charge is 0.480 e. The Hall–Kier alpha value is -4.90. The van der Waals surface area contributed by atoms with Crippen LogP contribution in [-0.2, 0) is 70.4 Å². The van der Waals surface area contributed by atoms with Crippen LogP contribution in [0.5, 0.6) is 0 Å². The first-order chi connectivity index (χ1) is 31.7. The number of rotatable bonds is 42. The summed E-state index contributed by atoms with van der Waals surface area (Å²) in [5.74, 6) is -2.62. The molecule has 65 heavy (non-hydrogen) atoms. The number of amides is 3. The summed E-state index contributed by atoms with van der Waals surface area (Å²) < 4.78 is 31.7. The molecule has 0 saturated heterocycles. The predicted octanol–water partition coefficient (Wildman–Crippen LogP) is 6.36. The molecule has 2 aromatic rings. The van der Waals surface area contributed by atoms with Crippen molar-refractivity contribution in [3.63, 3.8) is 0 Å². The molecule has 0 bridgehead atoms. The van der Waals surface area contributed by atoms with Crippen molar-refractivity contribution < 1.29 is 62.3 Å². The van der Waals surface area contributed by atoms with Crippen molar-refractivity contribution in [3.05, 3.63) is 71.8 Å². The Morgan fingerprint density at radius 2 is 0.908 bits per heavy atom. The molecule has 3 amide bonds. The van der Waals surface area contributed by atoms with Gasteiger partial charge in [-0.2, -0.15) is 0 Å². The zero-order valence-corrected chi connectivity index (χ0v) is 38.4. The monoisotopic (exact) mass is 914 g/mol. The Morgan fingerprint density at radius 1 is 0.462 bits per heavy atom. The molecular formula is C49H75N3O13. The molecule has 2 rings (SSSR count). The van der Waals surface area contributed by atoms with Crippen LogP contribution in [0.2, 0.25) is 0 Å². The fraction of sp³-hybridized carbons (Fsp3) is 0.633. The van der Waals surface area contributed by atoms with Gasteiger partial charge in [-0.1, -0.05) is 138 Å². The molecule has 16 nitrogen and oxygen atoms in total. The molecule has 0 fully saturated rings. The third-order valence-corrected chi connectivity index (χ3v) is 10.1. The lowest BCUT2D eigenvalue weighted by Gasteiger charge is -2.18. The van der Waals surface area contributed by atoms with E-state index < -0.39 is 18.0 Å². The summed E-state index contributed by atoms with van der Waals surface area (Å²) in [5.41, 5.74) is 1.83. The minimum atomic E-state index is -1.05. The van der Waals surface area contributed by atoms with Crippen LogP contribution >= 0.6 is 0 Å². The number of carbonyl (C=O) groups excluding carboxylic acids is 5. The van der Waals surface area contributed by atoms with Gasteiger partial charge in [-0.15, -0.1) is 0 Å². The van der Waals surface area contributed by atoms with Crippen molar-refractivity contribution in [2.45, 2.75) is 135 Å². The number of nitrogens with one attached hydrogen (secondary N) is 3. The van der Waals surface area contributed by atoms with Gasteiger partial charge in [0.05, 0.1) is 39.6 Å². The molecule has 0 aliphatic rings. The maximum atomic E-state index is 13.0. The molecule has 0 aliphatic heterocycles. The Kier molecular flexibility index (Phi) is 34.1. The highest BCUT2D eigenvalue weighted by Crippen LogP contribution is 2.15. The van der Waals surface area contributed by atoms with Crippen molar-refractivity contribution in [2.75, 3.05) is 65.9 Å². The van der Waals surface area contributed by atoms with E-state index in [4.69, 9.17) is 33.5 Å². The molecule has 0 saturated carbocycles. The summed E-state index contributed by atoms with van der Waals surface area (Å²) in [6.45, 7) is 1.58. The van der Waals surface area contributed by atoms with Crippen LogP contribution < -0.4 is 16.0 Å². The fourth-order valence-corrected chi connectivity index (χ4v) is 6.54. The molecule has 4 N–H and O–H groups in total. The SMILES string of the molecule is O=C(O)COCCOCCNC(=O)COCCOCCNC(=O)CC[C@H](NC(=O)CCCCCCCCCCCCCCCCC(=O)OCc1ccccc1)C(=O)OCc1ccccc1. The quantitative estimate of drug-likeness (QED) is 0.0422. The van der Waals surface area contributed by atoms with E-state index >= 15 is 0 Å². The van der Waals surface area contributed by atoms with Crippen molar-refractivity contribution in [1.82, 2.24) is 16.0 Å². The summed E-state index contributed by atoms with van der Waals surface area (Å²) in [5, 5.41) is 16.7. The van der Waals surface area contributed by atoms with Gasteiger partial charge in [-0.05, 0) is 30.4 Å². The highest BCUT2D eigenvalue weighted by Gasteiger charge is 2.23. The molecule has 364 valence electrons. The van der Waals surface area contributed by atoms with Gasteiger partial charge in [-0.25, -0.2) is 9.59 Å². The number of benzene rings is 2. The first kappa shape index (κ1) is 56.2. The molecule has 0 unspecified atom stereocenters. The summed E-state index contributed by atoms with van der Waals surface area (Å²) in [7, 11) is 0. The van der Waals surface area contributed by atoms with Crippen LogP contribution in [0.4, 0.5) is 0 Å². The van der Waals surface area contributed by atoms with E-state index in [9.17, 15) is 28.8 Å². The zero-order valence-electron chi connectivity index (χ0n) is 38.4. The number of unbranched alkanes of at least 4 members (excludes halogenated alkanes) is 13. The van der Waals surface area contributed by atoms with Gasteiger partial charge in [0.15, 0.2) is 0 Å². The van der Waals surface area contributed by atoms with Crippen LogP contribution in [0.15, 0.2) is 60.7 Å². The number of carbonyl (C=O) groups is 6. The molecule has 0 radical (unpaired) electrons. The molecule has 0 heterocycles. The number of hydrogen-bond acceptors (Lipinski definition) is 12. The average molecular weight is 914 g/mol. The third kappa shape index (κ3) is 34.2. The van der Waals surface area contributed by atoms with Crippen molar-refractivity contribution >= 4 is 35.6 Å². The second-order valence-electron chi connectivity index (χ2n) is 15.8. The van der Waals surface area contributed by atoms with Crippen LogP contribution in [0, 0.1) is 0 Å². The van der Waals surface area contributed by atoms with Crippen LogP contribution in [0.25, 0.3) is 0 Å². The van der Waals surface area contributed by atoms with Gasteiger partial charge in [0.1, 0.15) is 32.5 Å². The molecule has 16 heteroatoms. The molecule has 0 aromatic heterocycles. The number of carboxylic acids is 1. The summed E-state index contributed by atoms with van der Waals surface area (Å²) in [4.78, 5) is 72.6. The molecule has 2 aromatic carbocycles. The lowest BCUT2D eigenvalue weighted by atomic mass is 10.0. The number of carboxylic acid groups (broad SMARTS) is 1. The number of esters is 2. The Bertz CT molecular complexity index is 1560. The average Bonchev–Trinajstić information content (AvgIpc) is 3.30. The van der Waals surface area contributed by atoms with E-state index in [1.807, 2.05) is 60.7 Å². The number of aliphatic carboxylic acids is 1. The molecule has 1 atom stereocenters. The number of ether oxygens (including phenoxy) is 6. The van der Waals surface area contributed by atoms with Crippen LogP contribution in [0.3, 0.4) is 0 Å². The maximum absolute atomic E-state index is 13.0. The topological polar surface area (TPSA) is 214 Å². The Morgan fingerprint density at radius 3 is 1.43 bits per heavy atom. The second kappa shape index (κ2) is 39.5. The van der Waals surface area contributed by atoms with E-state index in [2.05, 4.69) is 16.0 Å². The minimum Gasteiger partial charge on any atom is -0.480 e. The van der Waals surface area contributed by atoms with Gasteiger partial charge >= 0.3 is 17.9 Å². The van der Waals surface area contributed by atoms with E-state index in [0.29, 0.717) is 19.4 Å². The van der Waals surface area contributed by atoms with Gasteiger partial charge in [0.2, 0.25) is 17.7 Å². The summed E-state index contributed by atoms with van der Waals surface area (Å²) in [6.07, 6.45) is 16.4. The predicted molar refractivity (Wildman–Crippen MR) is 244 cm³/mol. The molecule has 0 aliphatic carbocycles. The third-order valence-electron chi connectivity index (χ3n) is 10.1. The molecule has 0 spiro atoms.